The number of anilines is 1. The van der Waals surface area contributed by atoms with E-state index in [0.717, 1.165) is 5.56 Å². The summed E-state index contributed by atoms with van der Waals surface area (Å²) < 4.78 is 6.05. The Morgan fingerprint density at radius 2 is 1.58 bits per heavy atom. The molecule has 43 heavy (non-hydrogen) atoms. The van der Waals surface area contributed by atoms with Crippen molar-refractivity contribution < 1.29 is 24.0 Å². The van der Waals surface area contributed by atoms with Crippen LogP contribution in [0.2, 0.25) is 0 Å². The van der Waals surface area contributed by atoms with E-state index >= 15 is 0 Å². The van der Waals surface area contributed by atoms with Crippen LogP contribution in [-0.4, -0.2) is 41.0 Å². The summed E-state index contributed by atoms with van der Waals surface area (Å²) in [6.45, 7) is 2.18. The number of nitrogens with zero attached hydrogens (tertiary/aromatic N) is 2. The van der Waals surface area contributed by atoms with Gasteiger partial charge in [-0.3, -0.25) is 24.5 Å². The Hall–Kier alpha value is -5.37. The van der Waals surface area contributed by atoms with Crippen LogP contribution in [0.1, 0.15) is 55.0 Å². The molecule has 2 aliphatic heterocycles. The fraction of sp³-hybridized carbons (Fsp3) is 0.171. The fourth-order valence-electron chi connectivity index (χ4n) is 7.23. The monoisotopic (exact) mass is 570 g/mol. The summed E-state index contributed by atoms with van der Waals surface area (Å²) in [5.41, 5.74) is 0.942. The predicted octanol–water partition coefficient (Wildman–Crippen LogP) is 6.31. The molecule has 3 atom stereocenters. The normalized spacial score (nSPS) is 21.0. The number of nitro groups is 1. The van der Waals surface area contributed by atoms with Crippen LogP contribution in [0, 0.1) is 15.5 Å². The van der Waals surface area contributed by atoms with Crippen LogP contribution in [0.25, 0.3) is 6.08 Å². The summed E-state index contributed by atoms with van der Waals surface area (Å²) in [6.07, 6.45) is 3.74. The van der Waals surface area contributed by atoms with E-state index in [9.17, 15) is 24.5 Å². The van der Waals surface area contributed by atoms with Crippen molar-refractivity contribution in [3.63, 3.8) is 0 Å². The first kappa shape index (κ1) is 26.5. The third-order valence-electron chi connectivity index (χ3n) is 8.88. The average Bonchev–Trinajstić information content (AvgIpc) is 3.47. The molecule has 0 N–H and O–H groups in total. The summed E-state index contributed by atoms with van der Waals surface area (Å²) in [4.78, 5) is 57.4. The van der Waals surface area contributed by atoms with E-state index in [4.69, 9.17) is 4.74 Å². The lowest BCUT2D eigenvalue weighted by molar-refractivity contribution is -0.384. The minimum absolute atomic E-state index is 0.122. The Morgan fingerprint density at radius 3 is 2.30 bits per heavy atom. The smallest absolute Gasteiger partial charge is 0.270 e. The summed E-state index contributed by atoms with van der Waals surface area (Å²) in [5.74, 6) is -1.63. The first-order chi connectivity index (χ1) is 20.9. The third kappa shape index (κ3) is 3.65. The van der Waals surface area contributed by atoms with Crippen molar-refractivity contribution in [2.45, 2.75) is 24.9 Å². The number of rotatable bonds is 6. The third-order valence-corrected chi connectivity index (χ3v) is 8.88. The molecule has 0 radical (unpaired) electrons. The molecule has 4 aromatic carbocycles. The van der Waals surface area contributed by atoms with Crippen molar-refractivity contribution in [1.29, 1.82) is 0 Å². The molecule has 0 unspecified atom stereocenters. The second-order valence-electron chi connectivity index (χ2n) is 10.9. The molecule has 0 bridgehead atoms. The van der Waals surface area contributed by atoms with Gasteiger partial charge >= 0.3 is 0 Å². The molecule has 1 spiro atoms. The minimum atomic E-state index is -1.69. The molecule has 1 saturated heterocycles. The first-order valence-corrected chi connectivity index (χ1v) is 14.1. The maximum absolute atomic E-state index is 14.8. The molecule has 0 saturated carbocycles. The number of fused-ring (bicyclic) bond motifs is 5. The largest absolute Gasteiger partial charge is 0.494 e. The Labute approximate surface area is 247 Å². The lowest BCUT2D eigenvalue weighted by Gasteiger charge is -2.37. The minimum Gasteiger partial charge on any atom is -0.494 e. The molecule has 1 fully saturated rings. The van der Waals surface area contributed by atoms with Gasteiger partial charge in [0.1, 0.15) is 17.2 Å². The molecule has 2 heterocycles. The predicted molar refractivity (Wildman–Crippen MR) is 161 cm³/mol. The van der Waals surface area contributed by atoms with Crippen LogP contribution in [0.5, 0.6) is 5.75 Å². The number of ketones is 3. The molecule has 0 amide bonds. The van der Waals surface area contributed by atoms with Gasteiger partial charge in [0.15, 0.2) is 17.3 Å². The van der Waals surface area contributed by atoms with Crippen molar-refractivity contribution in [1.82, 2.24) is 0 Å². The highest BCUT2D eigenvalue weighted by Crippen LogP contribution is 2.62. The maximum Gasteiger partial charge on any atom is 0.270 e. The number of hydrogen-bond donors (Lipinski definition) is 0. The molecule has 8 heteroatoms. The molecular weight excluding hydrogens is 544 g/mol. The second-order valence-corrected chi connectivity index (χ2v) is 10.9. The number of para-hydroxylation sites is 2. The lowest BCUT2D eigenvalue weighted by atomic mass is 9.64. The van der Waals surface area contributed by atoms with Gasteiger partial charge in [-0.05, 0) is 24.6 Å². The van der Waals surface area contributed by atoms with Gasteiger partial charge in [0.25, 0.3) is 5.69 Å². The van der Waals surface area contributed by atoms with Crippen LogP contribution in [0.4, 0.5) is 11.4 Å². The Balaban J connectivity index is 1.56. The molecule has 0 aromatic heterocycles. The summed E-state index contributed by atoms with van der Waals surface area (Å²) in [5, 5.41) is 11.7. The van der Waals surface area contributed by atoms with Gasteiger partial charge < -0.3 is 9.64 Å². The molecule has 212 valence electrons. The zero-order chi connectivity index (χ0) is 29.9. The van der Waals surface area contributed by atoms with E-state index in [1.54, 1.807) is 42.5 Å². The Kier molecular flexibility index (Phi) is 6.09. The molecule has 7 rings (SSSR count). The zero-order valence-electron chi connectivity index (χ0n) is 23.2. The van der Waals surface area contributed by atoms with E-state index in [1.807, 2.05) is 60.4 Å². The molecule has 3 aliphatic rings. The standard InChI is InChI=1S/C35H26N2O6/c1-2-43-28-17-8-6-15-26(28)30-31(32(38)22-11-9-12-23(20-22)37(41)42)36-27-16-7-3-10-21(27)18-19-29(36)35(30)33(39)24-13-4-5-14-25(24)34(35)40/h3-20,29-31H,2H2,1H3/t29-,30+,31+/m0/s1. The van der Waals surface area contributed by atoms with Crippen LogP contribution in [-0.2, 0) is 0 Å². The van der Waals surface area contributed by atoms with Gasteiger partial charge in [0.2, 0.25) is 0 Å². The van der Waals surface area contributed by atoms with E-state index in [2.05, 4.69) is 0 Å². The molecule has 4 aromatic rings. The fourth-order valence-corrected chi connectivity index (χ4v) is 7.23. The highest BCUT2D eigenvalue weighted by molar-refractivity contribution is 6.32. The van der Waals surface area contributed by atoms with Gasteiger partial charge in [-0.15, -0.1) is 0 Å². The van der Waals surface area contributed by atoms with Gasteiger partial charge in [-0.25, -0.2) is 0 Å². The van der Waals surface area contributed by atoms with Crippen LogP contribution in [0.3, 0.4) is 0 Å². The average molecular weight is 571 g/mol. The van der Waals surface area contributed by atoms with Gasteiger partial charge in [-0.1, -0.05) is 84.9 Å². The number of ether oxygens (including phenoxy) is 1. The summed E-state index contributed by atoms with van der Waals surface area (Å²) in [7, 11) is 0. The molecule has 1 aliphatic carbocycles. The van der Waals surface area contributed by atoms with E-state index < -0.39 is 34.1 Å². The number of benzene rings is 4. The highest BCUT2D eigenvalue weighted by Gasteiger charge is 2.72. The van der Waals surface area contributed by atoms with E-state index in [1.165, 1.54) is 18.2 Å². The van der Waals surface area contributed by atoms with Gasteiger partial charge in [0.05, 0.1) is 17.6 Å². The quantitative estimate of drug-likeness (QED) is 0.116. The van der Waals surface area contributed by atoms with Crippen LogP contribution < -0.4 is 9.64 Å². The molecule has 8 nitrogen and oxygen atoms in total. The number of nitro benzene ring substituents is 1. The van der Waals surface area contributed by atoms with Crippen molar-refractivity contribution in [3.8, 4) is 5.75 Å². The molecular formula is C35H26N2O6. The number of carbonyl (C=O) groups is 3. The zero-order valence-corrected chi connectivity index (χ0v) is 23.2. The van der Waals surface area contributed by atoms with Crippen molar-refractivity contribution >= 4 is 34.8 Å². The number of hydrogen-bond acceptors (Lipinski definition) is 7. The SMILES string of the molecule is CCOc1ccccc1[C@@H]1[C@H](C(=O)c2cccc([N+](=O)[O-])c2)N2c3ccccc3C=C[C@H]2C12C(=O)c1ccccc1C2=O. The van der Waals surface area contributed by atoms with Gasteiger partial charge in [-0.2, -0.15) is 0 Å². The first-order valence-electron chi connectivity index (χ1n) is 14.1. The lowest BCUT2D eigenvalue weighted by Crippen LogP contribution is -2.48. The number of Topliss-reactive ketones (excluding diaryl/α,β-unsaturated/α-hetero) is 3. The second kappa shape index (κ2) is 9.87. The number of non-ortho nitro benzene ring substituents is 1. The van der Waals surface area contributed by atoms with Crippen molar-refractivity contribution in [2.24, 2.45) is 5.41 Å². The summed E-state index contributed by atoms with van der Waals surface area (Å²) in [6, 6.07) is 25.3. The van der Waals surface area contributed by atoms with E-state index in [0.29, 0.717) is 34.7 Å². The Bertz CT molecular complexity index is 1840. The highest BCUT2D eigenvalue weighted by atomic mass is 16.6. The van der Waals surface area contributed by atoms with Crippen molar-refractivity contribution in [2.75, 3.05) is 11.5 Å². The van der Waals surface area contributed by atoms with Crippen molar-refractivity contribution in [3.05, 3.63) is 141 Å². The van der Waals surface area contributed by atoms with Gasteiger partial charge in [0, 0.05) is 46.0 Å². The summed E-state index contributed by atoms with van der Waals surface area (Å²) >= 11 is 0. The van der Waals surface area contributed by atoms with Crippen LogP contribution in [0.15, 0.2) is 103 Å². The maximum atomic E-state index is 14.8. The van der Waals surface area contributed by atoms with E-state index in [-0.39, 0.29) is 22.8 Å². The Morgan fingerprint density at radius 1 is 0.907 bits per heavy atom. The topological polar surface area (TPSA) is 107 Å². The number of carbonyl (C=O) groups excluding carboxylic acids is 3. The van der Waals surface area contributed by atoms with Crippen LogP contribution >= 0.6 is 0 Å².